The predicted octanol–water partition coefficient (Wildman–Crippen LogP) is 2.81. The van der Waals surface area contributed by atoms with Crippen molar-refractivity contribution in [1.82, 2.24) is 10.6 Å². The summed E-state index contributed by atoms with van der Waals surface area (Å²) in [7, 11) is 0. The predicted molar refractivity (Wildman–Crippen MR) is 86.4 cm³/mol. The summed E-state index contributed by atoms with van der Waals surface area (Å²) in [6, 6.07) is 15.0. The van der Waals surface area contributed by atoms with Crippen LogP contribution >= 0.6 is 0 Å². The van der Waals surface area contributed by atoms with E-state index in [4.69, 9.17) is 0 Å². The van der Waals surface area contributed by atoms with Gasteiger partial charge in [0.05, 0.1) is 5.92 Å². The lowest BCUT2D eigenvalue weighted by atomic mass is 9.97. The van der Waals surface area contributed by atoms with Crippen LogP contribution in [0.15, 0.2) is 42.5 Å². The highest BCUT2D eigenvalue weighted by atomic mass is 16.1. The van der Waals surface area contributed by atoms with E-state index < -0.39 is 0 Å². The Morgan fingerprint density at radius 2 is 2.10 bits per heavy atom. The van der Waals surface area contributed by atoms with Gasteiger partial charge < -0.3 is 10.6 Å². The largest absolute Gasteiger partial charge is 0.354 e. The summed E-state index contributed by atoms with van der Waals surface area (Å²) in [6.07, 6.45) is 2.37. The third-order valence-corrected chi connectivity index (χ3v) is 4.35. The summed E-state index contributed by atoms with van der Waals surface area (Å²) in [4.78, 5) is 12.3. The van der Waals surface area contributed by atoms with Gasteiger partial charge >= 0.3 is 0 Å². The van der Waals surface area contributed by atoms with Crippen molar-refractivity contribution in [2.75, 3.05) is 13.1 Å². The van der Waals surface area contributed by atoms with E-state index in [1.54, 1.807) is 0 Å². The van der Waals surface area contributed by atoms with Crippen molar-refractivity contribution in [3.05, 3.63) is 48.0 Å². The highest BCUT2D eigenvalue weighted by Gasteiger charge is 2.18. The molecule has 3 rings (SSSR count). The minimum Gasteiger partial charge on any atom is -0.354 e. The molecule has 1 saturated heterocycles. The quantitative estimate of drug-likeness (QED) is 0.905. The second-order valence-electron chi connectivity index (χ2n) is 5.87. The highest BCUT2D eigenvalue weighted by molar-refractivity contribution is 5.87. The van der Waals surface area contributed by atoms with Crippen molar-refractivity contribution in [3.63, 3.8) is 0 Å². The van der Waals surface area contributed by atoms with Crippen molar-refractivity contribution in [1.29, 1.82) is 0 Å². The molecule has 0 spiro atoms. The van der Waals surface area contributed by atoms with Crippen molar-refractivity contribution in [3.8, 4) is 0 Å². The summed E-state index contributed by atoms with van der Waals surface area (Å²) in [5, 5.41) is 8.87. The molecule has 1 aliphatic rings. The molecule has 0 bridgehead atoms. The van der Waals surface area contributed by atoms with Crippen molar-refractivity contribution in [2.24, 2.45) is 0 Å². The molecule has 2 aromatic carbocycles. The third kappa shape index (κ3) is 3.24. The molecular formula is C18H22N2O. The molecule has 1 aliphatic heterocycles. The van der Waals surface area contributed by atoms with E-state index in [0.29, 0.717) is 6.04 Å². The van der Waals surface area contributed by atoms with Gasteiger partial charge in [0.25, 0.3) is 0 Å². The molecule has 0 radical (unpaired) electrons. The molecule has 1 heterocycles. The van der Waals surface area contributed by atoms with E-state index in [0.717, 1.165) is 25.1 Å². The number of carbonyl (C=O) groups is 1. The van der Waals surface area contributed by atoms with Gasteiger partial charge in [0.2, 0.25) is 5.91 Å². The SMILES string of the molecule is CC(C(=O)NCC1CCCN1)c1ccc2ccccc2c1. The monoisotopic (exact) mass is 282 g/mol. The van der Waals surface area contributed by atoms with Crippen LogP contribution < -0.4 is 10.6 Å². The highest BCUT2D eigenvalue weighted by Crippen LogP contribution is 2.21. The van der Waals surface area contributed by atoms with Gasteiger partial charge in [-0.05, 0) is 42.6 Å². The zero-order valence-corrected chi connectivity index (χ0v) is 12.4. The molecule has 110 valence electrons. The Morgan fingerprint density at radius 3 is 2.86 bits per heavy atom. The first-order chi connectivity index (χ1) is 10.2. The van der Waals surface area contributed by atoms with Crippen LogP contribution in [0.3, 0.4) is 0 Å². The van der Waals surface area contributed by atoms with Crippen molar-refractivity contribution in [2.45, 2.75) is 31.7 Å². The van der Waals surface area contributed by atoms with Crippen LogP contribution in [0, 0.1) is 0 Å². The van der Waals surface area contributed by atoms with E-state index in [2.05, 4.69) is 41.0 Å². The molecule has 2 aromatic rings. The summed E-state index contributed by atoms with van der Waals surface area (Å²) in [6.45, 7) is 3.78. The number of hydrogen-bond acceptors (Lipinski definition) is 2. The van der Waals surface area contributed by atoms with Gasteiger partial charge in [-0.15, -0.1) is 0 Å². The smallest absolute Gasteiger partial charge is 0.227 e. The summed E-state index contributed by atoms with van der Waals surface area (Å²) < 4.78 is 0. The van der Waals surface area contributed by atoms with Crippen LogP contribution in [0.25, 0.3) is 10.8 Å². The minimum absolute atomic E-state index is 0.110. The lowest BCUT2D eigenvalue weighted by Gasteiger charge is -2.16. The van der Waals surface area contributed by atoms with E-state index in [1.807, 2.05) is 19.1 Å². The standard InChI is InChI=1S/C18H22N2O/c1-13(18(21)20-12-17-7-4-10-19-17)15-9-8-14-5-2-3-6-16(14)11-15/h2-3,5-6,8-9,11,13,17,19H,4,7,10,12H2,1H3,(H,20,21). The summed E-state index contributed by atoms with van der Waals surface area (Å²) >= 11 is 0. The average Bonchev–Trinajstić information content (AvgIpc) is 3.05. The second kappa shape index (κ2) is 6.27. The second-order valence-corrected chi connectivity index (χ2v) is 5.87. The fourth-order valence-corrected chi connectivity index (χ4v) is 2.94. The van der Waals surface area contributed by atoms with E-state index in [9.17, 15) is 4.79 Å². The molecule has 2 N–H and O–H groups in total. The van der Waals surface area contributed by atoms with Gasteiger partial charge in [0, 0.05) is 12.6 Å². The lowest BCUT2D eigenvalue weighted by molar-refractivity contribution is -0.122. The van der Waals surface area contributed by atoms with Gasteiger partial charge in [-0.25, -0.2) is 0 Å². The van der Waals surface area contributed by atoms with E-state index in [1.165, 1.54) is 17.2 Å². The Bertz CT molecular complexity index is 632. The van der Waals surface area contributed by atoms with Gasteiger partial charge in [-0.1, -0.05) is 42.5 Å². The molecule has 0 aromatic heterocycles. The topological polar surface area (TPSA) is 41.1 Å². The maximum Gasteiger partial charge on any atom is 0.227 e. The summed E-state index contributed by atoms with van der Waals surface area (Å²) in [5.74, 6) is -0.00464. The Balaban J connectivity index is 1.67. The number of rotatable bonds is 4. The maximum atomic E-state index is 12.3. The number of amides is 1. The zero-order chi connectivity index (χ0) is 14.7. The lowest BCUT2D eigenvalue weighted by Crippen LogP contribution is -2.38. The average molecular weight is 282 g/mol. The molecule has 0 aliphatic carbocycles. The Morgan fingerprint density at radius 1 is 1.29 bits per heavy atom. The zero-order valence-electron chi connectivity index (χ0n) is 12.4. The molecule has 2 unspecified atom stereocenters. The van der Waals surface area contributed by atoms with Gasteiger partial charge in [-0.3, -0.25) is 4.79 Å². The van der Waals surface area contributed by atoms with Crippen LogP contribution in [0.2, 0.25) is 0 Å². The summed E-state index contributed by atoms with van der Waals surface area (Å²) in [5.41, 5.74) is 1.07. The first-order valence-corrected chi connectivity index (χ1v) is 7.74. The minimum atomic E-state index is -0.115. The van der Waals surface area contributed by atoms with E-state index >= 15 is 0 Å². The maximum absolute atomic E-state index is 12.3. The van der Waals surface area contributed by atoms with Crippen LogP contribution in [0.5, 0.6) is 0 Å². The van der Waals surface area contributed by atoms with Crippen LogP contribution in [-0.2, 0) is 4.79 Å². The molecule has 21 heavy (non-hydrogen) atoms. The third-order valence-electron chi connectivity index (χ3n) is 4.35. The fourth-order valence-electron chi connectivity index (χ4n) is 2.94. The molecule has 3 nitrogen and oxygen atoms in total. The van der Waals surface area contributed by atoms with Gasteiger partial charge in [0.15, 0.2) is 0 Å². The van der Waals surface area contributed by atoms with Crippen molar-refractivity contribution < 1.29 is 4.79 Å². The molecular weight excluding hydrogens is 260 g/mol. The number of carbonyl (C=O) groups excluding carboxylic acids is 1. The van der Waals surface area contributed by atoms with Crippen LogP contribution in [0.4, 0.5) is 0 Å². The number of nitrogens with one attached hydrogen (secondary N) is 2. The molecule has 1 fully saturated rings. The number of hydrogen-bond donors (Lipinski definition) is 2. The Labute approximate surface area is 125 Å². The molecule has 2 atom stereocenters. The van der Waals surface area contributed by atoms with E-state index in [-0.39, 0.29) is 11.8 Å². The first kappa shape index (κ1) is 14.1. The fraction of sp³-hybridized carbons (Fsp3) is 0.389. The normalized spacial score (nSPS) is 19.6. The van der Waals surface area contributed by atoms with Crippen LogP contribution in [0.1, 0.15) is 31.2 Å². The van der Waals surface area contributed by atoms with Crippen LogP contribution in [-0.4, -0.2) is 25.0 Å². The number of fused-ring (bicyclic) bond motifs is 1. The Hall–Kier alpha value is -1.87. The first-order valence-electron chi connectivity index (χ1n) is 7.74. The molecule has 1 amide bonds. The van der Waals surface area contributed by atoms with Gasteiger partial charge in [-0.2, -0.15) is 0 Å². The molecule has 0 saturated carbocycles. The van der Waals surface area contributed by atoms with Crippen molar-refractivity contribution >= 4 is 16.7 Å². The molecule has 3 heteroatoms. The van der Waals surface area contributed by atoms with Gasteiger partial charge in [0.1, 0.15) is 0 Å². The Kier molecular flexibility index (Phi) is 4.20. The number of benzene rings is 2.